The van der Waals surface area contributed by atoms with Crippen molar-refractivity contribution in [2.45, 2.75) is 25.3 Å². The number of nitrogens with two attached hydrogens (primary N) is 1. The van der Waals surface area contributed by atoms with Crippen LogP contribution in [-0.4, -0.2) is 23.9 Å². The van der Waals surface area contributed by atoms with Gasteiger partial charge in [-0.05, 0) is 12.8 Å². The zero-order valence-electron chi connectivity index (χ0n) is 5.42. The summed E-state index contributed by atoms with van der Waals surface area (Å²) in [7, 11) is 0. The third-order valence-electron chi connectivity index (χ3n) is 1.75. The zero-order valence-corrected chi connectivity index (χ0v) is 5.42. The molecule has 0 saturated carbocycles. The van der Waals surface area contributed by atoms with Crippen LogP contribution in [0.15, 0.2) is 0 Å². The highest BCUT2D eigenvalue weighted by Crippen LogP contribution is 2.10. The highest BCUT2D eigenvalue weighted by molar-refractivity contribution is 5.57. The van der Waals surface area contributed by atoms with E-state index in [0.29, 0.717) is 0 Å². The maximum Gasteiger partial charge on any atom is 0.138 e. The predicted octanol–water partition coefficient (Wildman–Crippen LogP) is -0.0865. The second-order valence-electron chi connectivity index (χ2n) is 2.44. The van der Waals surface area contributed by atoms with Gasteiger partial charge in [-0.3, -0.25) is 5.84 Å². The molecule has 0 aliphatic carbocycles. The first-order valence-corrected chi connectivity index (χ1v) is 3.31. The van der Waals surface area contributed by atoms with E-state index in [1.807, 2.05) is 0 Å². The molecule has 1 fully saturated rings. The van der Waals surface area contributed by atoms with Crippen LogP contribution in [0.3, 0.4) is 0 Å². The van der Waals surface area contributed by atoms with Gasteiger partial charge in [0.1, 0.15) is 6.29 Å². The summed E-state index contributed by atoms with van der Waals surface area (Å²) < 4.78 is 0. The highest BCUT2D eigenvalue weighted by Gasteiger charge is 2.17. The average molecular weight is 128 g/mol. The van der Waals surface area contributed by atoms with Gasteiger partial charge in [0.2, 0.25) is 0 Å². The third kappa shape index (κ3) is 1.50. The summed E-state index contributed by atoms with van der Waals surface area (Å²) in [5.41, 5.74) is 0. The van der Waals surface area contributed by atoms with Crippen LogP contribution < -0.4 is 5.84 Å². The normalized spacial score (nSPS) is 30.1. The Morgan fingerprint density at radius 1 is 1.56 bits per heavy atom. The summed E-state index contributed by atoms with van der Waals surface area (Å²) in [5.74, 6) is 5.49. The molecule has 1 heterocycles. The largest absolute Gasteiger partial charge is 0.302 e. The van der Waals surface area contributed by atoms with E-state index in [1.165, 1.54) is 0 Å². The molecule has 0 aromatic carbocycles. The Balaban J connectivity index is 2.38. The number of carbonyl (C=O) groups is 1. The van der Waals surface area contributed by atoms with Crippen molar-refractivity contribution in [3.05, 3.63) is 0 Å². The van der Waals surface area contributed by atoms with E-state index in [0.717, 1.165) is 32.1 Å². The molecule has 0 radical (unpaired) electrons. The molecular formula is C6H12N2O. The van der Waals surface area contributed by atoms with Crippen molar-refractivity contribution < 1.29 is 4.79 Å². The molecule has 1 atom stereocenters. The van der Waals surface area contributed by atoms with Crippen LogP contribution >= 0.6 is 0 Å². The van der Waals surface area contributed by atoms with Crippen LogP contribution in [0.5, 0.6) is 0 Å². The van der Waals surface area contributed by atoms with Gasteiger partial charge in [0.05, 0.1) is 6.04 Å². The molecule has 1 rings (SSSR count). The molecule has 0 spiro atoms. The van der Waals surface area contributed by atoms with Crippen molar-refractivity contribution in [3.63, 3.8) is 0 Å². The number of aldehydes is 1. The van der Waals surface area contributed by atoms with Crippen molar-refractivity contribution in [2.75, 3.05) is 6.54 Å². The summed E-state index contributed by atoms with van der Waals surface area (Å²) in [6.07, 6.45) is 4.12. The third-order valence-corrected chi connectivity index (χ3v) is 1.75. The number of nitrogens with zero attached hydrogens (tertiary/aromatic N) is 1. The molecule has 1 aliphatic rings. The van der Waals surface area contributed by atoms with E-state index in [9.17, 15) is 4.79 Å². The first-order valence-electron chi connectivity index (χ1n) is 3.31. The molecule has 0 bridgehead atoms. The fourth-order valence-corrected chi connectivity index (χ4v) is 1.13. The number of carbonyl (C=O) groups excluding carboxylic acids is 1. The SMILES string of the molecule is NN1CCCCC1C=O. The maximum absolute atomic E-state index is 10.2. The van der Waals surface area contributed by atoms with E-state index in [4.69, 9.17) is 5.84 Å². The van der Waals surface area contributed by atoms with Gasteiger partial charge in [0.15, 0.2) is 0 Å². The minimum atomic E-state index is -0.0150. The molecule has 9 heavy (non-hydrogen) atoms. The highest BCUT2D eigenvalue weighted by atomic mass is 16.1. The number of rotatable bonds is 1. The van der Waals surface area contributed by atoms with Crippen LogP contribution in [0, 0.1) is 0 Å². The Labute approximate surface area is 54.8 Å². The van der Waals surface area contributed by atoms with Gasteiger partial charge < -0.3 is 4.79 Å². The first-order chi connectivity index (χ1) is 4.34. The van der Waals surface area contributed by atoms with E-state index in [1.54, 1.807) is 5.01 Å². The number of piperidine rings is 1. The minimum absolute atomic E-state index is 0.0150. The van der Waals surface area contributed by atoms with Crippen molar-refractivity contribution in [2.24, 2.45) is 5.84 Å². The van der Waals surface area contributed by atoms with Gasteiger partial charge in [-0.1, -0.05) is 6.42 Å². The van der Waals surface area contributed by atoms with Gasteiger partial charge in [0, 0.05) is 6.54 Å². The molecule has 1 unspecified atom stereocenters. The lowest BCUT2D eigenvalue weighted by molar-refractivity contribution is -0.113. The Morgan fingerprint density at radius 3 is 2.78 bits per heavy atom. The summed E-state index contributed by atoms with van der Waals surface area (Å²) in [6, 6.07) is -0.0150. The van der Waals surface area contributed by atoms with Crippen LogP contribution in [0.25, 0.3) is 0 Å². The summed E-state index contributed by atoms with van der Waals surface area (Å²) in [4.78, 5) is 10.2. The molecule has 1 saturated heterocycles. The molecular weight excluding hydrogens is 116 g/mol. The van der Waals surface area contributed by atoms with Gasteiger partial charge in [-0.25, -0.2) is 5.01 Å². The molecule has 3 nitrogen and oxygen atoms in total. The van der Waals surface area contributed by atoms with Gasteiger partial charge >= 0.3 is 0 Å². The zero-order chi connectivity index (χ0) is 6.69. The van der Waals surface area contributed by atoms with Crippen LogP contribution in [0.4, 0.5) is 0 Å². The smallest absolute Gasteiger partial charge is 0.138 e. The number of hydrogen-bond donors (Lipinski definition) is 1. The first kappa shape index (κ1) is 6.71. The fourth-order valence-electron chi connectivity index (χ4n) is 1.13. The second-order valence-corrected chi connectivity index (χ2v) is 2.44. The van der Waals surface area contributed by atoms with E-state index < -0.39 is 0 Å². The average Bonchev–Trinajstić information content (AvgIpc) is 1.89. The van der Waals surface area contributed by atoms with Gasteiger partial charge in [-0.15, -0.1) is 0 Å². The van der Waals surface area contributed by atoms with E-state index in [-0.39, 0.29) is 6.04 Å². The lowest BCUT2D eigenvalue weighted by Crippen LogP contribution is -2.45. The van der Waals surface area contributed by atoms with Gasteiger partial charge in [-0.2, -0.15) is 0 Å². The standard InChI is InChI=1S/C6H12N2O/c7-8-4-2-1-3-6(8)5-9/h5-6H,1-4,7H2. The van der Waals surface area contributed by atoms with E-state index >= 15 is 0 Å². The van der Waals surface area contributed by atoms with Gasteiger partial charge in [0.25, 0.3) is 0 Å². The number of hydrogen-bond acceptors (Lipinski definition) is 3. The second kappa shape index (κ2) is 2.94. The van der Waals surface area contributed by atoms with Crippen molar-refractivity contribution in [1.29, 1.82) is 0 Å². The summed E-state index contributed by atoms with van der Waals surface area (Å²) in [5, 5.41) is 1.62. The Hall–Kier alpha value is -0.410. The topological polar surface area (TPSA) is 46.3 Å². The molecule has 0 amide bonds. The summed E-state index contributed by atoms with van der Waals surface area (Å²) >= 11 is 0. The lowest BCUT2D eigenvalue weighted by atomic mass is 10.1. The quantitative estimate of drug-likeness (QED) is 0.396. The van der Waals surface area contributed by atoms with Crippen LogP contribution in [0.1, 0.15) is 19.3 Å². The Kier molecular flexibility index (Phi) is 2.19. The van der Waals surface area contributed by atoms with Crippen LogP contribution in [0.2, 0.25) is 0 Å². The molecule has 2 N–H and O–H groups in total. The molecule has 1 aliphatic heterocycles. The molecule has 52 valence electrons. The van der Waals surface area contributed by atoms with Crippen molar-refractivity contribution in [1.82, 2.24) is 5.01 Å². The predicted molar refractivity (Wildman–Crippen MR) is 34.6 cm³/mol. The monoisotopic (exact) mass is 128 g/mol. The summed E-state index contributed by atoms with van der Waals surface area (Å²) in [6.45, 7) is 0.864. The molecule has 0 aromatic rings. The lowest BCUT2D eigenvalue weighted by Gasteiger charge is -2.27. The fraction of sp³-hybridized carbons (Fsp3) is 0.833. The maximum atomic E-state index is 10.2. The van der Waals surface area contributed by atoms with E-state index in [2.05, 4.69) is 0 Å². The Bertz CT molecular complexity index is 105. The minimum Gasteiger partial charge on any atom is -0.302 e. The molecule has 3 heteroatoms. The van der Waals surface area contributed by atoms with Crippen molar-refractivity contribution >= 4 is 6.29 Å². The molecule has 0 aromatic heterocycles. The Morgan fingerprint density at radius 2 is 2.33 bits per heavy atom. The number of hydrazine groups is 1. The van der Waals surface area contributed by atoms with Crippen LogP contribution in [-0.2, 0) is 4.79 Å². The van der Waals surface area contributed by atoms with Crippen molar-refractivity contribution in [3.8, 4) is 0 Å².